The van der Waals surface area contributed by atoms with Crippen molar-refractivity contribution in [2.75, 3.05) is 27.2 Å². The molecule has 0 bridgehead atoms. The Kier molecular flexibility index (Phi) is 7.02. The molecule has 5 heteroatoms. The first-order valence-electron chi connectivity index (χ1n) is 5.70. The normalized spacial score (nSPS) is 11.7. The Morgan fingerprint density at radius 1 is 1.35 bits per heavy atom. The van der Waals surface area contributed by atoms with Gasteiger partial charge in [0, 0.05) is 27.2 Å². The standard InChI is InChI=1S/C12H22N2O3/c1-5-6-7-8-13(3)12(17)14(4)9-10(2)11(15)16/h5,10H,1,6-9H2,2-4H3,(H,15,16). The average molecular weight is 242 g/mol. The molecule has 0 radical (unpaired) electrons. The number of nitrogens with zero attached hydrogens (tertiary/aromatic N) is 2. The Morgan fingerprint density at radius 2 is 1.94 bits per heavy atom. The Morgan fingerprint density at radius 3 is 2.41 bits per heavy atom. The van der Waals surface area contributed by atoms with Gasteiger partial charge in [0.2, 0.25) is 0 Å². The summed E-state index contributed by atoms with van der Waals surface area (Å²) in [5.41, 5.74) is 0. The van der Waals surface area contributed by atoms with Crippen LogP contribution in [0.15, 0.2) is 12.7 Å². The smallest absolute Gasteiger partial charge is 0.319 e. The Bertz CT molecular complexity index is 279. The zero-order valence-corrected chi connectivity index (χ0v) is 10.8. The minimum atomic E-state index is -0.890. The number of allylic oxidation sites excluding steroid dienone is 1. The fourth-order valence-electron chi connectivity index (χ4n) is 1.43. The van der Waals surface area contributed by atoms with E-state index in [9.17, 15) is 9.59 Å². The number of carboxylic acid groups (broad SMARTS) is 1. The minimum absolute atomic E-state index is 0.151. The SMILES string of the molecule is C=CCCCN(C)C(=O)N(C)CC(C)C(=O)O. The largest absolute Gasteiger partial charge is 0.481 e. The Balaban J connectivity index is 4.10. The van der Waals surface area contributed by atoms with E-state index in [1.807, 2.05) is 6.08 Å². The number of urea groups is 1. The molecule has 1 N–H and O–H groups in total. The summed E-state index contributed by atoms with van der Waals surface area (Å²) in [6.45, 7) is 6.08. The highest BCUT2D eigenvalue weighted by Crippen LogP contribution is 2.03. The van der Waals surface area contributed by atoms with Gasteiger partial charge in [-0.2, -0.15) is 0 Å². The van der Waals surface area contributed by atoms with Crippen molar-refractivity contribution in [3.8, 4) is 0 Å². The van der Waals surface area contributed by atoms with Crippen LogP contribution in [0.4, 0.5) is 4.79 Å². The van der Waals surface area contributed by atoms with Crippen molar-refractivity contribution in [2.45, 2.75) is 19.8 Å². The summed E-state index contributed by atoms with van der Waals surface area (Å²) in [6.07, 6.45) is 3.55. The number of aliphatic carboxylic acids is 1. The molecule has 2 amide bonds. The molecule has 0 saturated carbocycles. The van der Waals surface area contributed by atoms with Crippen LogP contribution in [-0.4, -0.2) is 54.1 Å². The minimum Gasteiger partial charge on any atom is -0.481 e. The van der Waals surface area contributed by atoms with Crippen molar-refractivity contribution in [1.82, 2.24) is 9.80 Å². The van der Waals surface area contributed by atoms with Gasteiger partial charge in [0.05, 0.1) is 5.92 Å². The molecule has 0 saturated heterocycles. The lowest BCUT2D eigenvalue weighted by atomic mass is 10.2. The molecule has 0 rings (SSSR count). The van der Waals surface area contributed by atoms with Crippen LogP contribution < -0.4 is 0 Å². The molecular weight excluding hydrogens is 220 g/mol. The van der Waals surface area contributed by atoms with E-state index in [-0.39, 0.29) is 12.6 Å². The van der Waals surface area contributed by atoms with Crippen molar-refractivity contribution in [3.63, 3.8) is 0 Å². The van der Waals surface area contributed by atoms with E-state index >= 15 is 0 Å². The van der Waals surface area contributed by atoms with Crippen molar-refractivity contribution < 1.29 is 14.7 Å². The zero-order chi connectivity index (χ0) is 13.4. The van der Waals surface area contributed by atoms with E-state index in [2.05, 4.69) is 6.58 Å². The highest BCUT2D eigenvalue weighted by molar-refractivity contribution is 5.75. The quantitative estimate of drug-likeness (QED) is 0.545. The molecule has 0 aromatic heterocycles. The van der Waals surface area contributed by atoms with Crippen LogP contribution in [0.3, 0.4) is 0 Å². The summed E-state index contributed by atoms with van der Waals surface area (Å²) < 4.78 is 0. The predicted octanol–water partition coefficient (Wildman–Crippen LogP) is 1.66. The van der Waals surface area contributed by atoms with Crippen LogP contribution in [-0.2, 0) is 4.79 Å². The number of amides is 2. The van der Waals surface area contributed by atoms with Gasteiger partial charge in [0.25, 0.3) is 0 Å². The van der Waals surface area contributed by atoms with Gasteiger partial charge in [0.1, 0.15) is 0 Å². The van der Waals surface area contributed by atoms with Gasteiger partial charge < -0.3 is 14.9 Å². The molecular formula is C12H22N2O3. The summed E-state index contributed by atoms with van der Waals surface area (Å²) in [7, 11) is 3.33. The fraction of sp³-hybridized carbons (Fsp3) is 0.667. The summed E-state index contributed by atoms with van der Waals surface area (Å²) >= 11 is 0. The second-order valence-electron chi connectivity index (χ2n) is 4.25. The van der Waals surface area contributed by atoms with Gasteiger partial charge in [-0.3, -0.25) is 4.79 Å². The van der Waals surface area contributed by atoms with Crippen LogP contribution in [0.2, 0.25) is 0 Å². The van der Waals surface area contributed by atoms with Crippen molar-refractivity contribution >= 4 is 12.0 Å². The van der Waals surface area contributed by atoms with Gasteiger partial charge in [0.15, 0.2) is 0 Å². The molecule has 5 nitrogen and oxygen atoms in total. The van der Waals surface area contributed by atoms with Gasteiger partial charge >= 0.3 is 12.0 Å². The van der Waals surface area contributed by atoms with Gasteiger partial charge in [-0.05, 0) is 12.8 Å². The monoisotopic (exact) mass is 242 g/mol. The van der Waals surface area contributed by atoms with Crippen LogP contribution in [0.25, 0.3) is 0 Å². The molecule has 0 spiro atoms. The van der Waals surface area contributed by atoms with Crippen LogP contribution >= 0.6 is 0 Å². The molecule has 0 aliphatic rings. The lowest BCUT2D eigenvalue weighted by Gasteiger charge is -2.26. The van der Waals surface area contributed by atoms with Crippen molar-refractivity contribution in [2.24, 2.45) is 5.92 Å². The summed E-state index contributed by atoms with van der Waals surface area (Å²) in [5.74, 6) is -1.44. The number of carbonyl (C=O) groups excluding carboxylic acids is 1. The fourth-order valence-corrected chi connectivity index (χ4v) is 1.43. The third-order valence-corrected chi connectivity index (χ3v) is 2.52. The zero-order valence-electron chi connectivity index (χ0n) is 10.8. The topological polar surface area (TPSA) is 60.9 Å². The molecule has 17 heavy (non-hydrogen) atoms. The number of hydrogen-bond acceptors (Lipinski definition) is 2. The second-order valence-corrected chi connectivity index (χ2v) is 4.25. The van der Waals surface area contributed by atoms with E-state index in [0.29, 0.717) is 6.54 Å². The molecule has 1 atom stereocenters. The number of hydrogen-bond donors (Lipinski definition) is 1. The van der Waals surface area contributed by atoms with E-state index in [4.69, 9.17) is 5.11 Å². The van der Waals surface area contributed by atoms with Gasteiger partial charge in [-0.25, -0.2) is 4.79 Å². The maximum absolute atomic E-state index is 11.8. The van der Waals surface area contributed by atoms with Crippen LogP contribution in [0, 0.1) is 5.92 Å². The van der Waals surface area contributed by atoms with Gasteiger partial charge in [-0.1, -0.05) is 13.0 Å². The first-order valence-corrected chi connectivity index (χ1v) is 5.70. The summed E-state index contributed by atoms with van der Waals surface area (Å²) in [4.78, 5) is 25.5. The summed E-state index contributed by atoms with van der Waals surface area (Å²) in [6, 6.07) is -0.151. The van der Waals surface area contributed by atoms with Crippen LogP contribution in [0.5, 0.6) is 0 Å². The van der Waals surface area contributed by atoms with E-state index in [1.54, 1.807) is 25.9 Å². The highest BCUT2D eigenvalue weighted by atomic mass is 16.4. The molecule has 1 unspecified atom stereocenters. The lowest BCUT2D eigenvalue weighted by Crippen LogP contribution is -2.42. The molecule has 0 heterocycles. The number of carbonyl (C=O) groups is 2. The average Bonchev–Trinajstić information content (AvgIpc) is 2.27. The Hall–Kier alpha value is -1.52. The predicted molar refractivity (Wildman–Crippen MR) is 66.9 cm³/mol. The van der Waals surface area contributed by atoms with E-state index in [1.165, 1.54) is 4.90 Å². The number of carboxylic acids is 1. The first kappa shape index (κ1) is 15.5. The maximum atomic E-state index is 11.8. The molecule has 0 aliphatic heterocycles. The van der Waals surface area contributed by atoms with Crippen molar-refractivity contribution in [3.05, 3.63) is 12.7 Å². The first-order chi connectivity index (χ1) is 7.90. The third-order valence-electron chi connectivity index (χ3n) is 2.52. The second kappa shape index (κ2) is 7.70. The van der Waals surface area contributed by atoms with Crippen molar-refractivity contribution in [1.29, 1.82) is 0 Å². The maximum Gasteiger partial charge on any atom is 0.319 e. The van der Waals surface area contributed by atoms with E-state index < -0.39 is 11.9 Å². The lowest BCUT2D eigenvalue weighted by molar-refractivity contribution is -0.141. The number of rotatable bonds is 7. The molecule has 98 valence electrons. The molecule has 0 aliphatic carbocycles. The summed E-state index contributed by atoms with van der Waals surface area (Å²) in [5, 5.41) is 8.76. The van der Waals surface area contributed by atoms with Crippen LogP contribution in [0.1, 0.15) is 19.8 Å². The van der Waals surface area contributed by atoms with Gasteiger partial charge in [-0.15, -0.1) is 6.58 Å². The molecule has 0 aromatic rings. The third kappa shape index (κ3) is 5.94. The van der Waals surface area contributed by atoms with E-state index in [0.717, 1.165) is 12.8 Å². The number of unbranched alkanes of at least 4 members (excludes halogenated alkanes) is 1. The highest BCUT2D eigenvalue weighted by Gasteiger charge is 2.19. The Labute approximate surface area is 103 Å². The molecule has 0 aromatic carbocycles. The molecule has 0 fully saturated rings.